The largest absolute Gasteiger partial charge is 0.480 e. The van der Waals surface area contributed by atoms with Crippen molar-refractivity contribution in [3.63, 3.8) is 0 Å². The molecule has 0 heterocycles. The Morgan fingerprint density at radius 1 is 0.852 bits per heavy atom. The van der Waals surface area contributed by atoms with Crippen LogP contribution < -0.4 is 5.32 Å². The van der Waals surface area contributed by atoms with E-state index in [0.717, 1.165) is 32.1 Å². The van der Waals surface area contributed by atoms with Crippen molar-refractivity contribution in [3.05, 3.63) is 12.2 Å². The first-order valence-electron chi connectivity index (χ1n) is 10.8. The standard InChI is InChI=1S/C22H41NO4/c1-3-4-5-6-7-8-9-10-11-12-13-14-15-16-17-18-20(25)23-21(19(2)24)22(26)27/h10-11,19,21,24H,3-9,12-18H2,1-2H3,(H,23,25)(H,26,27)/b11-10+/t19?,21-/m0/s1. The van der Waals surface area contributed by atoms with Crippen LogP contribution >= 0.6 is 0 Å². The zero-order valence-electron chi connectivity index (χ0n) is 17.4. The molecule has 0 aliphatic heterocycles. The number of aliphatic hydroxyl groups is 1. The van der Waals surface area contributed by atoms with Crippen LogP contribution in [0.25, 0.3) is 0 Å². The fourth-order valence-corrected chi connectivity index (χ4v) is 2.99. The van der Waals surface area contributed by atoms with Crippen molar-refractivity contribution < 1.29 is 19.8 Å². The minimum absolute atomic E-state index is 0.305. The summed E-state index contributed by atoms with van der Waals surface area (Å²) in [6.45, 7) is 3.61. The number of aliphatic hydroxyl groups excluding tert-OH is 1. The van der Waals surface area contributed by atoms with Crippen molar-refractivity contribution in [2.75, 3.05) is 0 Å². The summed E-state index contributed by atoms with van der Waals surface area (Å²) >= 11 is 0. The highest BCUT2D eigenvalue weighted by atomic mass is 16.4. The summed E-state index contributed by atoms with van der Waals surface area (Å²) in [6.07, 6.45) is 19.4. The van der Waals surface area contributed by atoms with Crippen molar-refractivity contribution in [3.8, 4) is 0 Å². The lowest BCUT2D eigenvalue weighted by Gasteiger charge is -2.16. The van der Waals surface area contributed by atoms with Gasteiger partial charge in [-0.05, 0) is 39.0 Å². The van der Waals surface area contributed by atoms with Gasteiger partial charge in [0.05, 0.1) is 6.10 Å². The molecule has 0 fully saturated rings. The van der Waals surface area contributed by atoms with Gasteiger partial charge in [-0.1, -0.05) is 70.4 Å². The summed E-state index contributed by atoms with van der Waals surface area (Å²) in [5.41, 5.74) is 0. The fourth-order valence-electron chi connectivity index (χ4n) is 2.99. The average molecular weight is 384 g/mol. The quantitative estimate of drug-likeness (QED) is 0.230. The normalized spacial score (nSPS) is 13.6. The number of carbonyl (C=O) groups excluding carboxylic acids is 1. The van der Waals surface area contributed by atoms with Gasteiger partial charge in [0.15, 0.2) is 6.04 Å². The lowest BCUT2D eigenvalue weighted by molar-refractivity contribution is -0.144. The van der Waals surface area contributed by atoms with Gasteiger partial charge in [0, 0.05) is 6.42 Å². The molecule has 2 atom stereocenters. The molecule has 0 bridgehead atoms. The van der Waals surface area contributed by atoms with Crippen LogP contribution in [-0.2, 0) is 9.59 Å². The van der Waals surface area contributed by atoms with Gasteiger partial charge in [0.2, 0.25) is 5.91 Å². The lowest BCUT2D eigenvalue weighted by atomic mass is 10.1. The molecule has 0 saturated carbocycles. The van der Waals surface area contributed by atoms with Gasteiger partial charge >= 0.3 is 5.97 Å². The second-order valence-electron chi connectivity index (χ2n) is 7.46. The second kappa shape index (κ2) is 18.0. The first kappa shape index (κ1) is 25.6. The Labute approximate surface area is 165 Å². The molecule has 5 heteroatoms. The predicted molar refractivity (Wildman–Crippen MR) is 111 cm³/mol. The molecule has 0 aromatic heterocycles. The number of amides is 1. The predicted octanol–water partition coefficient (Wildman–Crippen LogP) is 4.97. The van der Waals surface area contributed by atoms with Crippen LogP contribution in [0.1, 0.15) is 104 Å². The third kappa shape index (κ3) is 16.5. The monoisotopic (exact) mass is 383 g/mol. The Balaban J connectivity index is 3.45. The molecule has 0 spiro atoms. The van der Waals surface area contributed by atoms with Crippen molar-refractivity contribution in [2.24, 2.45) is 0 Å². The van der Waals surface area contributed by atoms with Gasteiger partial charge in [0.1, 0.15) is 0 Å². The number of carbonyl (C=O) groups is 2. The van der Waals surface area contributed by atoms with Crippen molar-refractivity contribution >= 4 is 11.9 Å². The molecule has 1 amide bonds. The molecule has 0 aromatic rings. The molecule has 0 saturated heterocycles. The van der Waals surface area contributed by atoms with E-state index >= 15 is 0 Å². The SMILES string of the molecule is CCCCCCCC/C=C/CCCCCCCC(=O)N[C@H](C(=O)O)C(C)O. The summed E-state index contributed by atoms with van der Waals surface area (Å²) in [4.78, 5) is 22.6. The van der Waals surface area contributed by atoms with Gasteiger partial charge < -0.3 is 15.5 Å². The first-order chi connectivity index (χ1) is 13.0. The third-order valence-corrected chi connectivity index (χ3v) is 4.73. The van der Waals surface area contributed by atoms with E-state index in [0.29, 0.717) is 6.42 Å². The van der Waals surface area contributed by atoms with Crippen LogP contribution in [0.4, 0.5) is 0 Å². The number of carboxylic acids is 1. The van der Waals surface area contributed by atoms with Gasteiger partial charge in [-0.15, -0.1) is 0 Å². The van der Waals surface area contributed by atoms with Crippen molar-refractivity contribution in [2.45, 2.75) is 116 Å². The molecular weight excluding hydrogens is 342 g/mol. The minimum Gasteiger partial charge on any atom is -0.480 e. The molecule has 0 rings (SSSR count). The summed E-state index contributed by atoms with van der Waals surface area (Å²) in [7, 11) is 0. The van der Waals surface area contributed by atoms with Crippen LogP contribution in [0.15, 0.2) is 12.2 Å². The van der Waals surface area contributed by atoms with E-state index in [4.69, 9.17) is 5.11 Å². The van der Waals surface area contributed by atoms with Crippen LogP contribution in [-0.4, -0.2) is 34.2 Å². The van der Waals surface area contributed by atoms with Crippen LogP contribution in [0.2, 0.25) is 0 Å². The van der Waals surface area contributed by atoms with Crippen LogP contribution in [0.3, 0.4) is 0 Å². The number of hydrogen-bond acceptors (Lipinski definition) is 3. The highest BCUT2D eigenvalue weighted by Crippen LogP contribution is 2.10. The van der Waals surface area contributed by atoms with Gasteiger partial charge in [-0.25, -0.2) is 4.79 Å². The molecule has 1 unspecified atom stereocenters. The molecule has 5 nitrogen and oxygen atoms in total. The van der Waals surface area contributed by atoms with E-state index in [2.05, 4.69) is 24.4 Å². The second-order valence-corrected chi connectivity index (χ2v) is 7.46. The Morgan fingerprint density at radius 2 is 1.33 bits per heavy atom. The Hall–Kier alpha value is -1.36. The van der Waals surface area contributed by atoms with Gasteiger partial charge in [-0.3, -0.25) is 4.79 Å². The molecule has 3 N–H and O–H groups in total. The molecule has 0 radical (unpaired) electrons. The minimum atomic E-state index is -1.22. The summed E-state index contributed by atoms with van der Waals surface area (Å²) < 4.78 is 0. The number of aliphatic carboxylic acids is 1. The summed E-state index contributed by atoms with van der Waals surface area (Å²) in [6, 6.07) is -1.22. The highest BCUT2D eigenvalue weighted by molar-refractivity contribution is 5.83. The maximum Gasteiger partial charge on any atom is 0.328 e. The van der Waals surface area contributed by atoms with Gasteiger partial charge in [0.25, 0.3) is 0 Å². The van der Waals surface area contributed by atoms with E-state index in [1.54, 1.807) is 0 Å². The zero-order valence-corrected chi connectivity index (χ0v) is 17.4. The maximum absolute atomic E-state index is 11.7. The smallest absolute Gasteiger partial charge is 0.328 e. The number of unbranched alkanes of at least 4 members (excludes halogenated alkanes) is 11. The van der Waals surface area contributed by atoms with E-state index in [-0.39, 0.29) is 5.91 Å². The molecular formula is C22H41NO4. The van der Waals surface area contributed by atoms with E-state index in [1.807, 2.05) is 0 Å². The third-order valence-electron chi connectivity index (χ3n) is 4.73. The average Bonchev–Trinajstić information content (AvgIpc) is 2.62. The number of hydrogen-bond donors (Lipinski definition) is 3. The lowest BCUT2D eigenvalue weighted by Crippen LogP contribution is -2.47. The van der Waals surface area contributed by atoms with Crippen molar-refractivity contribution in [1.82, 2.24) is 5.32 Å². The molecule has 158 valence electrons. The topological polar surface area (TPSA) is 86.6 Å². The molecule has 0 aliphatic carbocycles. The number of nitrogens with one attached hydrogen (secondary N) is 1. The number of rotatable bonds is 18. The number of carboxylic acid groups (broad SMARTS) is 1. The zero-order chi connectivity index (χ0) is 20.3. The summed E-state index contributed by atoms with van der Waals surface area (Å²) in [5.74, 6) is -1.51. The van der Waals surface area contributed by atoms with E-state index in [1.165, 1.54) is 58.3 Å². The Kier molecular flexibility index (Phi) is 17.1. The van der Waals surface area contributed by atoms with Crippen molar-refractivity contribution in [1.29, 1.82) is 0 Å². The Morgan fingerprint density at radius 3 is 1.81 bits per heavy atom. The fraction of sp³-hybridized carbons (Fsp3) is 0.818. The van der Waals surface area contributed by atoms with Crippen LogP contribution in [0.5, 0.6) is 0 Å². The van der Waals surface area contributed by atoms with Crippen LogP contribution in [0, 0.1) is 0 Å². The highest BCUT2D eigenvalue weighted by Gasteiger charge is 2.24. The van der Waals surface area contributed by atoms with Gasteiger partial charge in [-0.2, -0.15) is 0 Å². The van der Waals surface area contributed by atoms with E-state index in [9.17, 15) is 14.7 Å². The maximum atomic E-state index is 11.7. The molecule has 0 aliphatic rings. The molecule has 27 heavy (non-hydrogen) atoms. The van der Waals surface area contributed by atoms with E-state index < -0.39 is 18.1 Å². The summed E-state index contributed by atoms with van der Waals surface area (Å²) in [5, 5.41) is 20.6. The first-order valence-corrected chi connectivity index (χ1v) is 10.8. The Bertz CT molecular complexity index is 407. The molecule has 0 aromatic carbocycles. The number of allylic oxidation sites excluding steroid dienone is 2.